The summed E-state index contributed by atoms with van der Waals surface area (Å²) in [5.74, 6) is -0.838. The summed E-state index contributed by atoms with van der Waals surface area (Å²) in [5.41, 5.74) is 0.541. The van der Waals surface area contributed by atoms with Crippen molar-refractivity contribution in [1.29, 1.82) is 0 Å². The summed E-state index contributed by atoms with van der Waals surface area (Å²) in [6.45, 7) is 3.84. The molecule has 0 saturated heterocycles. The molecule has 1 atom stereocenters. The second-order valence-electron chi connectivity index (χ2n) is 4.29. The highest BCUT2D eigenvalue weighted by molar-refractivity contribution is 9.10. The molecule has 88 valence electrons. The summed E-state index contributed by atoms with van der Waals surface area (Å²) >= 11 is 3.36. The highest BCUT2D eigenvalue weighted by atomic mass is 79.9. The van der Waals surface area contributed by atoms with Gasteiger partial charge in [0.05, 0.1) is 0 Å². The van der Waals surface area contributed by atoms with Crippen LogP contribution in [0.3, 0.4) is 0 Å². The Labute approximate surface area is 104 Å². The zero-order chi connectivity index (χ0) is 12.3. The van der Waals surface area contributed by atoms with Gasteiger partial charge in [0.1, 0.15) is 6.04 Å². The first-order chi connectivity index (χ1) is 7.39. The minimum atomic E-state index is -0.838. The molecule has 1 aromatic rings. The second kappa shape index (κ2) is 4.97. The molecule has 1 rings (SSSR count). The fourth-order valence-electron chi connectivity index (χ4n) is 1.84. The van der Waals surface area contributed by atoms with Gasteiger partial charge in [0, 0.05) is 9.89 Å². The smallest absolute Gasteiger partial charge is 0.321 e. The van der Waals surface area contributed by atoms with Gasteiger partial charge in [-0.1, -0.05) is 41.9 Å². The molecule has 0 unspecified atom stereocenters. The van der Waals surface area contributed by atoms with Crippen LogP contribution in [0, 0.1) is 0 Å². The van der Waals surface area contributed by atoms with Gasteiger partial charge in [-0.2, -0.15) is 0 Å². The molecule has 2 N–H and O–H groups in total. The summed E-state index contributed by atoms with van der Waals surface area (Å²) in [4.78, 5) is 11.1. The predicted octanol–water partition coefficient (Wildman–Crippen LogP) is 2.40. The van der Waals surface area contributed by atoms with E-state index in [4.69, 9.17) is 5.11 Å². The quantitative estimate of drug-likeness (QED) is 0.893. The van der Waals surface area contributed by atoms with Gasteiger partial charge in [0.2, 0.25) is 0 Å². The van der Waals surface area contributed by atoms with Crippen molar-refractivity contribution in [3.63, 3.8) is 0 Å². The zero-order valence-corrected chi connectivity index (χ0v) is 11.2. The lowest BCUT2D eigenvalue weighted by Crippen LogP contribution is -2.48. The number of rotatable bonds is 4. The number of hydrogen-bond donors (Lipinski definition) is 2. The number of halogens is 1. The number of likely N-dealkylation sites (N-methyl/N-ethyl adjacent to an activating group) is 1. The van der Waals surface area contributed by atoms with Crippen LogP contribution in [-0.2, 0) is 10.2 Å². The first-order valence-electron chi connectivity index (χ1n) is 5.05. The van der Waals surface area contributed by atoms with Crippen LogP contribution < -0.4 is 5.32 Å². The first-order valence-corrected chi connectivity index (χ1v) is 5.85. The zero-order valence-electron chi connectivity index (χ0n) is 9.62. The second-order valence-corrected chi connectivity index (χ2v) is 5.20. The van der Waals surface area contributed by atoms with Gasteiger partial charge < -0.3 is 10.4 Å². The molecule has 0 aliphatic rings. The molecule has 0 saturated carbocycles. The number of aliphatic carboxylic acids is 1. The third-order valence-corrected chi connectivity index (χ3v) is 3.37. The fourth-order valence-corrected chi connectivity index (χ4v) is 2.10. The SMILES string of the molecule is CN[C@H](C(=O)O)C(C)(C)c1ccc(Br)cc1. The average molecular weight is 286 g/mol. The summed E-state index contributed by atoms with van der Waals surface area (Å²) in [6, 6.07) is 7.13. The van der Waals surface area contributed by atoms with Gasteiger partial charge in [-0.25, -0.2) is 0 Å². The Morgan fingerprint density at radius 1 is 1.38 bits per heavy atom. The molecule has 0 heterocycles. The normalized spacial score (nSPS) is 13.5. The Morgan fingerprint density at radius 3 is 2.25 bits per heavy atom. The number of benzene rings is 1. The summed E-state index contributed by atoms with van der Waals surface area (Å²) in [5, 5.41) is 12.0. The molecular weight excluding hydrogens is 270 g/mol. The Kier molecular flexibility index (Phi) is 4.10. The van der Waals surface area contributed by atoms with Gasteiger partial charge in [-0.15, -0.1) is 0 Å². The maximum Gasteiger partial charge on any atom is 0.321 e. The van der Waals surface area contributed by atoms with Gasteiger partial charge >= 0.3 is 5.97 Å². The lowest BCUT2D eigenvalue weighted by molar-refractivity contribution is -0.141. The minimum Gasteiger partial charge on any atom is -0.480 e. The highest BCUT2D eigenvalue weighted by Gasteiger charge is 2.35. The standard InChI is InChI=1S/C12H16BrNO2/c1-12(2,10(14-3)11(15)16)8-4-6-9(13)7-5-8/h4-7,10,14H,1-3H3,(H,15,16)/t10-/m1/s1. The molecule has 4 heteroatoms. The van der Waals surface area contributed by atoms with E-state index in [-0.39, 0.29) is 0 Å². The van der Waals surface area contributed by atoms with Gasteiger partial charge in [-0.3, -0.25) is 4.79 Å². The van der Waals surface area contributed by atoms with E-state index in [1.807, 2.05) is 38.1 Å². The van der Waals surface area contributed by atoms with Crippen LogP contribution in [-0.4, -0.2) is 24.2 Å². The summed E-state index contributed by atoms with van der Waals surface area (Å²) in [7, 11) is 1.67. The van der Waals surface area contributed by atoms with Crippen molar-refractivity contribution in [3.8, 4) is 0 Å². The number of carboxylic acid groups (broad SMARTS) is 1. The summed E-state index contributed by atoms with van der Waals surface area (Å²) < 4.78 is 0.989. The number of hydrogen-bond acceptors (Lipinski definition) is 2. The molecule has 16 heavy (non-hydrogen) atoms. The monoisotopic (exact) mass is 285 g/mol. The first kappa shape index (κ1) is 13.2. The molecule has 0 aliphatic heterocycles. The molecule has 0 radical (unpaired) electrons. The van der Waals surface area contributed by atoms with E-state index < -0.39 is 17.4 Å². The van der Waals surface area contributed by atoms with Crippen molar-refractivity contribution in [3.05, 3.63) is 34.3 Å². The van der Waals surface area contributed by atoms with Crippen LogP contribution in [0.1, 0.15) is 19.4 Å². The van der Waals surface area contributed by atoms with E-state index in [1.54, 1.807) is 7.05 Å². The molecule has 0 aliphatic carbocycles. The lowest BCUT2D eigenvalue weighted by atomic mass is 9.78. The van der Waals surface area contributed by atoms with Crippen molar-refractivity contribution in [2.75, 3.05) is 7.05 Å². The van der Waals surface area contributed by atoms with Crippen LogP contribution in [0.5, 0.6) is 0 Å². The van der Waals surface area contributed by atoms with E-state index in [2.05, 4.69) is 21.2 Å². The van der Waals surface area contributed by atoms with Crippen LogP contribution in [0.2, 0.25) is 0 Å². The van der Waals surface area contributed by atoms with E-state index in [1.165, 1.54) is 0 Å². The molecule has 0 fully saturated rings. The van der Waals surface area contributed by atoms with Crippen LogP contribution in [0.25, 0.3) is 0 Å². The Balaban J connectivity index is 3.08. The molecule has 1 aromatic carbocycles. The van der Waals surface area contributed by atoms with E-state index in [0.717, 1.165) is 10.0 Å². The van der Waals surface area contributed by atoms with Crippen molar-refractivity contribution < 1.29 is 9.90 Å². The van der Waals surface area contributed by atoms with Gasteiger partial charge in [0.15, 0.2) is 0 Å². The van der Waals surface area contributed by atoms with E-state index in [0.29, 0.717) is 0 Å². The molecule has 0 amide bonds. The van der Waals surface area contributed by atoms with Crippen molar-refractivity contribution in [2.45, 2.75) is 25.3 Å². The van der Waals surface area contributed by atoms with Crippen LogP contribution in [0.15, 0.2) is 28.7 Å². The topological polar surface area (TPSA) is 49.3 Å². The Hall–Kier alpha value is -0.870. The maximum absolute atomic E-state index is 11.1. The van der Waals surface area contributed by atoms with Gasteiger partial charge in [-0.05, 0) is 24.7 Å². The third kappa shape index (κ3) is 2.62. The third-order valence-electron chi connectivity index (χ3n) is 2.85. The van der Waals surface area contributed by atoms with Crippen molar-refractivity contribution in [2.24, 2.45) is 0 Å². The average Bonchev–Trinajstić information content (AvgIpc) is 2.18. The molecule has 3 nitrogen and oxygen atoms in total. The fraction of sp³-hybridized carbons (Fsp3) is 0.417. The largest absolute Gasteiger partial charge is 0.480 e. The van der Waals surface area contributed by atoms with Crippen LogP contribution in [0.4, 0.5) is 0 Å². The number of carbonyl (C=O) groups is 1. The molecule has 0 spiro atoms. The summed E-state index contributed by atoms with van der Waals surface area (Å²) in [6.07, 6.45) is 0. The Bertz CT molecular complexity index is 373. The minimum absolute atomic E-state index is 0.457. The number of carboxylic acids is 1. The number of nitrogens with one attached hydrogen (secondary N) is 1. The lowest BCUT2D eigenvalue weighted by Gasteiger charge is -2.31. The highest BCUT2D eigenvalue weighted by Crippen LogP contribution is 2.28. The molecule has 0 aromatic heterocycles. The molecule has 0 bridgehead atoms. The maximum atomic E-state index is 11.1. The van der Waals surface area contributed by atoms with Gasteiger partial charge in [0.25, 0.3) is 0 Å². The van der Waals surface area contributed by atoms with Crippen molar-refractivity contribution >= 4 is 21.9 Å². The van der Waals surface area contributed by atoms with E-state index >= 15 is 0 Å². The van der Waals surface area contributed by atoms with Crippen molar-refractivity contribution in [1.82, 2.24) is 5.32 Å². The molecular formula is C12H16BrNO2. The van der Waals surface area contributed by atoms with E-state index in [9.17, 15) is 4.79 Å². The predicted molar refractivity (Wildman–Crippen MR) is 67.7 cm³/mol. The van der Waals surface area contributed by atoms with Crippen LogP contribution >= 0.6 is 15.9 Å². The Morgan fingerprint density at radius 2 is 1.88 bits per heavy atom.